The van der Waals surface area contributed by atoms with Crippen molar-refractivity contribution in [2.75, 3.05) is 31.1 Å². The summed E-state index contributed by atoms with van der Waals surface area (Å²) in [6, 6.07) is 3.86. The van der Waals surface area contributed by atoms with Gasteiger partial charge in [0.1, 0.15) is 19.0 Å². The lowest BCUT2D eigenvalue weighted by Crippen LogP contribution is -2.33. The second-order valence-corrected chi connectivity index (χ2v) is 6.39. The minimum absolute atomic E-state index is 0.00403. The highest BCUT2D eigenvalue weighted by atomic mass is 16.5. The highest BCUT2D eigenvalue weighted by Crippen LogP contribution is 2.30. The summed E-state index contributed by atoms with van der Waals surface area (Å²) in [6.07, 6.45) is 6.44. The summed E-state index contributed by atoms with van der Waals surface area (Å²) >= 11 is 0. The number of hydrogen-bond acceptors (Lipinski definition) is 7. The van der Waals surface area contributed by atoms with E-state index in [1.165, 1.54) is 23.9 Å². The first kappa shape index (κ1) is 15.8. The maximum absolute atomic E-state index is 12.3. The van der Waals surface area contributed by atoms with Gasteiger partial charge in [0, 0.05) is 32.3 Å². The van der Waals surface area contributed by atoms with Crippen molar-refractivity contribution in [1.29, 1.82) is 0 Å². The number of likely N-dealkylation sites (tertiary alicyclic amines) is 1. The number of tetrazole rings is 1. The first-order valence-electron chi connectivity index (χ1n) is 8.65. The van der Waals surface area contributed by atoms with E-state index in [-0.39, 0.29) is 18.6 Å². The summed E-state index contributed by atoms with van der Waals surface area (Å²) in [6.45, 7) is 3.47. The van der Waals surface area contributed by atoms with Crippen molar-refractivity contribution >= 4 is 11.7 Å². The van der Waals surface area contributed by atoms with Gasteiger partial charge >= 0.3 is 0 Å². The van der Waals surface area contributed by atoms with E-state index in [0.717, 1.165) is 31.1 Å². The van der Waals surface area contributed by atoms with Crippen molar-refractivity contribution in [2.45, 2.75) is 31.9 Å². The molecule has 4 heterocycles. The topological polar surface area (TPSA) is 89.3 Å². The molecule has 132 valence electrons. The fraction of sp³-hybridized carbons (Fsp3) is 0.562. The number of amides is 1. The zero-order chi connectivity index (χ0) is 17.1. The molecule has 2 aromatic heterocycles. The van der Waals surface area contributed by atoms with Crippen molar-refractivity contribution in [3.05, 3.63) is 24.7 Å². The van der Waals surface area contributed by atoms with Gasteiger partial charge in [0.05, 0.1) is 6.54 Å². The zero-order valence-electron chi connectivity index (χ0n) is 14.0. The van der Waals surface area contributed by atoms with Gasteiger partial charge in [0.25, 0.3) is 0 Å². The Kier molecular flexibility index (Phi) is 4.45. The van der Waals surface area contributed by atoms with Crippen LogP contribution in [-0.4, -0.2) is 68.3 Å². The van der Waals surface area contributed by atoms with Crippen LogP contribution in [0.4, 0.5) is 5.82 Å². The number of anilines is 1. The van der Waals surface area contributed by atoms with E-state index in [1.807, 2.05) is 12.1 Å². The number of nitrogens with zero attached hydrogens (tertiary/aromatic N) is 7. The van der Waals surface area contributed by atoms with E-state index in [0.29, 0.717) is 13.1 Å². The lowest BCUT2D eigenvalue weighted by molar-refractivity contribution is -0.131. The Labute approximate surface area is 145 Å². The van der Waals surface area contributed by atoms with Gasteiger partial charge < -0.3 is 14.5 Å². The van der Waals surface area contributed by atoms with Crippen LogP contribution < -0.4 is 9.64 Å². The highest BCUT2D eigenvalue weighted by molar-refractivity contribution is 5.76. The number of rotatable bonds is 5. The molecule has 9 nitrogen and oxygen atoms in total. The minimum Gasteiger partial charge on any atom is -0.485 e. The largest absolute Gasteiger partial charge is 0.485 e. The molecule has 2 aliphatic heterocycles. The van der Waals surface area contributed by atoms with Gasteiger partial charge in [-0.1, -0.05) is 0 Å². The predicted octanol–water partition coefficient (Wildman–Crippen LogP) is 0.348. The number of aromatic nitrogens is 5. The molecular formula is C16H21N7O2. The fourth-order valence-corrected chi connectivity index (χ4v) is 3.36. The molecule has 0 bridgehead atoms. The lowest BCUT2D eigenvalue weighted by Gasteiger charge is -2.22. The highest BCUT2D eigenvalue weighted by Gasteiger charge is 2.29. The summed E-state index contributed by atoms with van der Waals surface area (Å²) in [7, 11) is 0. The van der Waals surface area contributed by atoms with Crippen LogP contribution in [-0.2, 0) is 11.3 Å². The molecule has 2 fully saturated rings. The SMILES string of the molecule is O=C(Cn1cnnn1)N1CC[C@@H](Oc2cccnc2N2CCCC2)C1. The summed E-state index contributed by atoms with van der Waals surface area (Å²) in [5.41, 5.74) is 0. The third-order valence-electron chi connectivity index (χ3n) is 4.64. The number of hydrogen-bond donors (Lipinski definition) is 0. The van der Waals surface area contributed by atoms with Crippen LogP contribution in [0.3, 0.4) is 0 Å². The minimum atomic E-state index is -0.0108. The summed E-state index contributed by atoms with van der Waals surface area (Å²) in [5, 5.41) is 10.8. The number of ether oxygens (including phenoxy) is 1. The van der Waals surface area contributed by atoms with Gasteiger partial charge in [-0.3, -0.25) is 4.79 Å². The number of pyridine rings is 1. The van der Waals surface area contributed by atoms with E-state index in [4.69, 9.17) is 4.74 Å². The van der Waals surface area contributed by atoms with E-state index >= 15 is 0 Å². The van der Waals surface area contributed by atoms with Crippen molar-refractivity contribution in [1.82, 2.24) is 30.1 Å². The monoisotopic (exact) mass is 343 g/mol. The molecule has 0 unspecified atom stereocenters. The molecule has 1 atom stereocenters. The Bertz CT molecular complexity index is 715. The molecule has 25 heavy (non-hydrogen) atoms. The Balaban J connectivity index is 1.37. The van der Waals surface area contributed by atoms with E-state index in [1.54, 1.807) is 11.1 Å². The molecule has 2 aliphatic rings. The molecule has 0 radical (unpaired) electrons. The second kappa shape index (κ2) is 7.04. The summed E-state index contributed by atoms with van der Waals surface area (Å²) in [4.78, 5) is 20.9. The number of carbonyl (C=O) groups is 1. The van der Waals surface area contributed by atoms with Crippen LogP contribution >= 0.6 is 0 Å². The van der Waals surface area contributed by atoms with Gasteiger partial charge in [-0.05, 0) is 35.4 Å². The van der Waals surface area contributed by atoms with Crippen molar-refractivity contribution in [3.8, 4) is 5.75 Å². The molecule has 1 amide bonds. The second-order valence-electron chi connectivity index (χ2n) is 6.39. The van der Waals surface area contributed by atoms with E-state index < -0.39 is 0 Å². The molecular weight excluding hydrogens is 322 g/mol. The Morgan fingerprint density at radius 2 is 2.16 bits per heavy atom. The van der Waals surface area contributed by atoms with Gasteiger partial charge in [-0.2, -0.15) is 0 Å². The normalized spacial score (nSPS) is 20.2. The maximum Gasteiger partial charge on any atom is 0.244 e. The Hall–Kier alpha value is -2.71. The van der Waals surface area contributed by atoms with E-state index in [9.17, 15) is 4.79 Å². The maximum atomic E-state index is 12.3. The first-order valence-corrected chi connectivity index (χ1v) is 8.65. The van der Waals surface area contributed by atoms with Gasteiger partial charge in [-0.15, -0.1) is 5.10 Å². The molecule has 9 heteroatoms. The molecule has 2 aromatic rings. The molecule has 4 rings (SSSR count). The van der Waals surface area contributed by atoms with E-state index in [2.05, 4.69) is 25.4 Å². The van der Waals surface area contributed by atoms with Crippen LogP contribution in [0.2, 0.25) is 0 Å². The molecule has 0 N–H and O–H groups in total. The number of carbonyl (C=O) groups excluding carboxylic acids is 1. The van der Waals surface area contributed by atoms with Crippen LogP contribution in [0.5, 0.6) is 5.75 Å². The fourth-order valence-electron chi connectivity index (χ4n) is 3.36. The smallest absolute Gasteiger partial charge is 0.244 e. The Morgan fingerprint density at radius 3 is 2.96 bits per heavy atom. The predicted molar refractivity (Wildman–Crippen MR) is 89.1 cm³/mol. The molecule has 2 saturated heterocycles. The standard InChI is InChI=1S/C16H21N7O2/c24-15(11-23-12-18-19-20-23)22-9-5-13(10-22)25-14-4-3-6-17-16(14)21-7-1-2-8-21/h3-4,6,12-13H,1-2,5,7-11H2/t13-/m1/s1. The molecule has 0 aliphatic carbocycles. The third-order valence-corrected chi connectivity index (χ3v) is 4.64. The average Bonchev–Trinajstić information content (AvgIpc) is 3.38. The van der Waals surface area contributed by atoms with Crippen LogP contribution in [0.15, 0.2) is 24.7 Å². The van der Waals surface area contributed by atoms with Crippen LogP contribution in [0.1, 0.15) is 19.3 Å². The quantitative estimate of drug-likeness (QED) is 0.774. The first-order chi connectivity index (χ1) is 12.3. The van der Waals surface area contributed by atoms with Crippen molar-refractivity contribution in [2.24, 2.45) is 0 Å². The molecule has 0 spiro atoms. The lowest BCUT2D eigenvalue weighted by atomic mass is 10.3. The van der Waals surface area contributed by atoms with Crippen molar-refractivity contribution in [3.63, 3.8) is 0 Å². The van der Waals surface area contributed by atoms with Gasteiger partial charge in [0.15, 0.2) is 11.6 Å². The summed E-state index contributed by atoms with van der Waals surface area (Å²) in [5.74, 6) is 1.73. The zero-order valence-corrected chi connectivity index (χ0v) is 14.0. The van der Waals surface area contributed by atoms with Crippen molar-refractivity contribution < 1.29 is 9.53 Å². The van der Waals surface area contributed by atoms with Gasteiger partial charge in [0.2, 0.25) is 5.91 Å². The average molecular weight is 343 g/mol. The van der Waals surface area contributed by atoms with Crippen LogP contribution in [0.25, 0.3) is 0 Å². The summed E-state index contributed by atoms with van der Waals surface area (Å²) < 4.78 is 7.62. The van der Waals surface area contributed by atoms with Crippen LogP contribution in [0, 0.1) is 0 Å². The third kappa shape index (κ3) is 3.54. The Morgan fingerprint density at radius 1 is 1.28 bits per heavy atom. The van der Waals surface area contributed by atoms with Gasteiger partial charge in [-0.25, -0.2) is 9.67 Å². The molecule has 0 saturated carbocycles. The molecule has 0 aromatic carbocycles.